The van der Waals surface area contributed by atoms with E-state index in [0.717, 1.165) is 10.6 Å². The van der Waals surface area contributed by atoms with E-state index >= 15 is 0 Å². The minimum absolute atomic E-state index is 0.133. The molecule has 0 bridgehead atoms. The molecule has 1 aromatic carbocycles. The molecule has 0 radical (unpaired) electrons. The smallest absolute Gasteiger partial charge is 0.266 e. The highest BCUT2D eigenvalue weighted by Crippen LogP contribution is 2.33. The first-order valence-electron chi connectivity index (χ1n) is 7.27. The first kappa shape index (κ1) is 16.9. The van der Waals surface area contributed by atoms with Crippen LogP contribution in [-0.4, -0.2) is 27.6 Å². The number of rotatable bonds is 5. The largest absolute Gasteiger partial charge is 0.326 e. The van der Waals surface area contributed by atoms with Crippen molar-refractivity contribution >= 4 is 63.2 Å². The first-order chi connectivity index (χ1) is 11.6. The highest BCUT2D eigenvalue weighted by atomic mass is 32.2. The van der Waals surface area contributed by atoms with Gasteiger partial charge in [0.1, 0.15) is 4.32 Å². The number of hydrogen-bond acceptors (Lipinski definition) is 5. The summed E-state index contributed by atoms with van der Waals surface area (Å²) in [6.45, 7) is 0.283. The highest BCUT2D eigenvalue weighted by molar-refractivity contribution is 8.26. The van der Waals surface area contributed by atoms with Gasteiger partial charge in [-0.15, -0.1) is 11.3 Å². The van der Waals surface area contributed by atoms with Crippen LogP contribution in [0.2, 0.25) is 0 Å². The molecule has 122 valence electrons. The second-order valence-corrected chi connectivity index (χ2v) is 7.67. The molecule has 1 N–H and O–H groups in total. The fourth-order valence-corrected chi connectivity index (χ4v) is 4.19. The third-order valence-corrected chi connectivity index (χ3v) is 5.51. The van der Waals surface area contributed by atoms with Crippen LogP contribution in [0.1, 0.15) is 11.3 Å². The summed E-state index contributed by atoms with van der Waals surface area (Å²) in [4.78, 5) is 27.5. The SMILES string of the molecule is O=C(CCN1C(=O)/C(=C\c2cccs2)SC1=S)Nc1ccccc1. The van der Waals surface area contributed by atoms with Crippen LogP contribution >= 0.6 is 35.3 Å². The standard InChI is InChI=1S/C17H14N2O2S3/c20-15(18-12-5-2-1-3-6-12)8-9-19-16(21)14(24-17(19)22)11-13-7-4-10-23-13/h1-7,10-11H,8-9H2,(H,18,20)/b14-11+. The van der Waals surface area contributed by atoms with E-state index in [9.17, 15) is 9.59 Å². The van der Waals surface area contributed by atoms with Crippen molar-refractivity contribution in [3.05, 3.63) is 57.6 Å². The van der Waals surface area contributed by atoms with Crippen molar-refractivity contribution in [2.45, 2.75) is 6.42 Å². The summed E-state index contributed by atoms with van der Waals surface area (Å²) in [7, 11) is 0. The summed E-state index contributed by atoms with van der Waals surface area (Å²) < 4.78 is 0.496. The van der Waals surface area contributed by atoms with E-state index in [1.54, 1.807) is 11.3 Å². The molecule has 24 heavy (non-hydrogen) atoms. The van der Waals surface area contributed by atoms with Gasteiger partial charge < -0.3 is 5.32 Å². The number of amides is 2. The minimum Gasteiger partial charge on any atom is -0.326 e. The van der Waals surface area contributed by atoms with Crippen molar-refractivity contribution in [3.8, 4) is 0 Å². The van der Waals surface area contributed by atoms with Gasteiger partial charge in [-0.25, -0.2) is 0 Å². The van der Waals surface area contributed by atoms with Gasteiger partial charge in [-0.05, 0) is 29.7 Å². The number of hydrogen-bond donors (Lipinski definition) is 1. The molecule has 1 saturated heterocycles. The average Bonchev–Trinajstić information content (AvgIpc) is 3.16. The number of carbonyl (C=O) groups excluding carboxylic acids is 2. The summed E-state index contributed by atoms with van der Waals surface area (Å²) in [5.41, 5.74) is 0.741. The monoisotopic (exact) mass is 374 g/mol. The van der Waals surface area contributed by atoms with Crippen LogP contribution in [-0.2, 0) is 9.59 Å². The van der Waals surface area contributed by atoms with Crippen molar-refractivity contribution < 1.29 is 9.59 Å². The zero-order valence-corrected chi connectivity index (χ0v) is 15.0. The molecular weight excluding hydrogens is 360 g/mol. The van der Waals surface area contributed by atoms with E-state index in [-0.39, 0.29) is 24.8 Å². The van der Waals surface area contributed by atoms with E-state index in [0.29, 0.717) is 9.23 Å². The van der Waals surface area contributed by atoms with Crippen molar-refractivity contribution in [3.63, 3.8) is 0 Å². The average molecular weight is 375 g/mol. The highest BCUT2D eigenvalue weighted by Gasteiger charge is 2.32. The number of thiocarbonyl (C=S) groups is 1. The van der Waals surface area contributed by atoms with Gasteiger partial charge in [-0.2, -0.15) is 0 Å². The number of thiophene rings is 1. The summed E-state index contributed by atoms with van der Waals surface area (Å²) in [6, 6.07) is 13.1. The number of para-hydroxylation sites is 1. The molecule has 3 rings (SSSR count). The zero-order chi connectivity index (χ0) is 16.9. The summed E-state index contributed by atoms with van der Waals surface area (Å²) in [6.07, 6.45) is 2.04. The fourth-order valence-electron chi connectivity index (χ4n) is 2.15. The molecular formula is C17H14N2O2S3. The normalized spacial score (nSPS) is 16.0. The third kappa shape index (κ3) is 4.11. The Balaban J connectivity index is 1.58. The minimum atomic E-state index is -0.141. The van der Waals surface area contributed by atoms with Crippen LogP contribution in [0.5, 0.6) is 0 Å². The van der Waals surface area contributed by atoms with E-state index in [2.05, 4.69) is 5.32 Å². The Labute approximate surface area is 153 Å². The Hall–Kier alpha value is -1.96. The van der Waals surface area contributed by atoms with Gasteiger partial charge in [-0.3, -0.25) is 14.5 Å². The molecule has 2 amide bonds. The molecule has 4 nitrogen and oxygen atoms in total. The summed E-state index contributed by atoms with van der Waals surface area (Å²) in [5.74, 6) is -0.275. The molecule has 7 heteroatoms. The van der Waals surface area contributed by atoms with Crippen LogP contribution < -0.4 is 5.32 Å². The van der Waals surface area contributed by atoms with Crippen LogP contribution in [0.25, 0.3) is 6.08 Å². The lowest BCUT2D eigenvalue weighted by molar-refractivity contribution is -0.122. The van der Waals surface area contributed by atoms with Gasteiger partial charge in [0.15, 0.2) is 0 Å². The predicted molar refractivity (Wildman–Crippen MR) is 104 cm³/mol. The maximum absolute atomic E-state index is 12.4. The Kier molecular flexibility index (Phi) is 5.44. The Morgan fingerprint density at radius 3 is 2.71 bits per heavy atom. The van der Waals surface area contributed by atoms with Crippen molar-refractivity contribution in [2.24, 2.45) is 0 Å². The summed E-state index contributed by atoms with van der Waals surface area (Å²) in [5, 5.41) is 4.76. The third-order valence-electron chi connectivity index (χ3n) is 3.31. The van der Waals surface area contributed by atoms with Crippen molar-refractivity contribution in [1.82, 2.24) is 4.90 Å². The lowest BCUT2D eigenvalue weighted by Crippen LogP contribution is -2.31. The van der Waals surface area contributed by atoms with E-state index in [1.807, 2.05) is 53.9 Å². The van der Waals surface area contributed by atoms with Crippen molar-refractivity contribution in [2.75, 3.05) is 11.9 Å². The maximum atomic E-state index is 12.4. The molecule has 0 aliphatic carbocycles. The van der Waals surface area contributed by atoms with Crippen LogP contribution in [0.15, 0.2) is 52.7 Å². The molecule has 0 spiro atoms. The Morgan fingerprint density at radius 1 is 1.21 bits per heavy atom. The van der Waals surface area contributed by atoms with Gasteiger partial charge in [0.05, 0.1) is 4.91 Å². The van der Waals surface area contributed by atoms with E-state index in [4.69, 9.17) is 12.2 Å². The number of anilines is 1. The van der Waals surface area contributed by atoms with Gasteiger partial charge in [0, 0.05) is 23.5 Å². The van der Waals surface area contributed by atoms with E-state index < -0.39 is 0 Å². The number of nitrogens with one attached hydrogen (secondary N) is 1. The molecule has 1 aliphatic rings. The number of carbonyl (C=O) groups is 2. The molecule has 0 saturated carbocycles. The van der Waals surface area contributed by atoms with Crippen LogP contribution in [0, 0.1) is 0 Å². The fraction of sp³-hybridized carbons (Fsp3) is 0.118. The lowest BCUT2D eigenvalue weighted by Gasteiger charge is -2.14. The molecule has 0 atom stereocenters. The quantitative estimate of drug-likeness (QED) is 0.635. The van der Waals surface area contributed by atoms with Crippen LogP contribution in [0.3, 0.4) is 0 Å². The van der Waals surface area contributed by atoms with E-state index in [1.165, 1.54) is 16.7 Å². The zero-order valence-electron chi connectivity index (χ0n) is 12.6. The molecule has 1 aromatic heterocycles. The molecule has 1 aliphatic heterocycles. The van der Waals surface area contributed by atoms with Gasteiger partial charge in [0.2, 0.25) is 5.91 Å². The Bertz CT molecular complexity index is 785. The Morgan fingerprint density at radius 2 is 2.00 bits per heavy atom. The maximum Gasteiger partial charge on any atom is 0.266 e. The van der Waals surface area contributed by atoms with Gasteiger partial charge >= 0.3 is 0 Å². The number of benzene rings is 1. The molecule has 1 fully saturated rings. The number of nitrogens with zero attached hydrogens (tertiary/aromatic N) is 1. The second kappa shape index (κ2) is 7.74. The van der Waals surface area contributed by atoms with Crippen LogP contribution in [0.4, 0.5) is 5.69 Å². The molecule has 0 unspecified atom stereocenters. The predicted octanol–water partition coefficient (Wildman–Crippen LogP) is 3.98. The molecule has 2 aromatic rings. The lowest BCUT2D eigenvalue weighted by atomic mass is 10.3. The number of thioether (sulfide) groups is 1. The van der Waals surface area contributed by atoms with Gasteiger partial charge in [0.25, 0.3) is 5.91 Å². The topological polar surface area (TPSA) is 49.4 Å². The van der Waals surface area contributed by atoms with Gasteiger partial charge in [-0.1, -0.05) is 48.2 Å². The summed E-state index contributed by atoms with van der Waals surface area (Å²) >= 11 is 8.12. The first-order valence-corrected chi connectivity index (χ1v) is 9.38. The molecule has 2 heterocycles. The van der Waals surface area contributed by atoms with Crippen molar-refractivity contribution in [1.29, 1.82) is 0 Å². The second-order valence-electron chi connectivity index (χ2n) is 5.01.